The number of pyridine rings is 2. The molecular weight excluding hydrogens is 474 g/mol. The van der Waals surface area contributed by atoms with Crippen LogP contribution in [0.2, 0.25) is 0 Å². The highest BCUT2D eigenvalue weighted by Crippen LogP contribution is 2.35. The molecule has 0 radical (unpaired) electrons. The van der Waals surface area contributed by atoms with Gasteiger partial charge in [0.2, 0.25) is 18.1 Å². The van der Waals surface area contributed by atoms with Gasteiger partial charge in [-0.1, -0.05) is 19.9 Å². The minimum atomic E-state index is -0.754. The number of hydrogen-bond donors (Lipinski definition) is 1. The zero-order chi connectivity index (χ0) is 26.1. The summed E-state index contributed by atoms with van der Waals surface area (Å²) < 4.78 is 12.7. The molecule has 0 saturated carbocycles. The van der Waals surface area contributed by atoms with E-state index in [-0.39, 0.29) is 24.2 Å². The van der Waals surface area contributed by atoms with Gasteiger partial charge in [-0.15, -0.1) is 0 Å². The molecule has 0 unspecified atom stereocenters. The summed E-state index contributed by atoms with van der Waals surface area (Å²) in [6, 6.07) is 8.39. The number of amides is 2. The van der Waals surface area contributed by atoms with E-state index in [9.17, 15) is 14.4 Å². The smallest absolute Gasteiger partial charge is 0.257 e. The number of piperazine rings is 1. The lowest BCUT2D eigenvalue weighted by molar-refractivity contribution is -0.134. The van der Waals surface area contributed by atoms with Crippen molar-refractivity contribution in [2.45, 2.75) is 33.4 Å². The number of carbonyl (C=O) groups excluding carboxylic acids is 2. The molecule has 4 heterocycles. The molecule has 1 saturated heterocycles. The van der Waals surface area contributed by atoms with E-state index in [0.717, 1.165) is 5.82 Å². The van der Waals surface area contributed by atoms with Gasteiger partial charge < -0.3 is 29.2 Å². The van der Waals surface area contributed by atoms with Gasteiger partial charge in [0.05, 0.1) is 10.9 Å². The number of fused-ring (bicyclic) bond motifs is 2. The molecule has 2 aliphatic heterocycles. The summed E-state index contributed by atoms with van der Waals surface area (Å²) in [6.45, 7) is 8.71. The maximum absolute atomic E-state index is 13.5. The maximum Gasteiger partial charge on any atom is 0.257 e. The van der Waals surface area contributed by atoms with Crippen molar-refractivity contribution >= 4 is 28.5 Å². The molecular formula is C27H31N5O5. The van der Waals surface area contributed by atoms with Crippen molar-refractivity contribution in [3.8, 4) is 11.5 Å². The molecule has 0 spiro atoms. The van der Waals surface area contributed by atoms with E-state index >= 15 is 0 Å². The first-order valence-corrected chi connectivity index (χ1v) is 12.6. The van der Waals surface area contributed by atoms with Crippen LogP contribution in [-0.2, 0) is 11.3 Å². The van der Waals surface area contributed by atoms with Gasteiger partial charge >= 0.3 is 0 Å². The highest BCUT2D eigenvalue weighted by Gasteiger charge is 2.32. The lowest BCUT2D eigenvalue weighted by Gasteiger charge is -2.37. The topological polar surface area (TPSA) is 106 Å². The summed E-state index contributed by atoms with van der Waals surface area (Å²) in [5.74, 6) is 1.06. The van der Waals surface area contributed by atoms with E-state index in [2.05, 4.69) is 15.2 Å². The number of rotatable bonds is 6. The molecule has 10 nitrogen and oxygen atoms in total. The molecule has 3 aromatic rings. The molecule has 1 aromatic carbocycles. The second-order valence-electron chi connectivity index (χ2n) is 9.58. The second-order valence-corrected chi connectivity index (χ2v) is 9.58. The van der Waals surface area contributed by atoms with E-state index in [1.807, 2.05) is 43.5 Å². The molecule has 10 heteroatoms. The minimum absolute atomic E-state index is 0.00774. The van der Waals surface area contributed by atoms with Gasteiger partial charge in [-0.25, -0.2) is 4.98 Å². The summed E-state index contributed by atoms with van der Waals surface area (Å²) in [4.78, 5) is 48.5. The fourth-order valence-corrected chi connectivity index (χ4v) is 4.83. The van der Waals surface area contributed by atoms with Crippen molar-refractivity contribution in [2.24, 2.45) is 5.92 Å². The monoisotopic (exact) mass is 505 g/mol. The van der Waals surface area contributed by atoms with Crippen LogP contribution in [0, 0.1) is 5.92 Å². The van der Waals surface area contributed by atoms with E-state index in [0.29, 0.717) is 55.1 Å². The molecule has 2 amide bonds. The third-order valence-electron chi connectivity index (χ3n) is 6.94. The van der Waals surface area contributed by atoms with Crippen LogP contribution < -0.4 is 25.1 Å². The third-order valence-corrected chi connectivity index (χ3v) is 6.94. The molecule has 1 fully saturated rings. The van der Waals surface area contributed by atoms with Crippen molar-refractivity contribution in [2.75, 3.05) is 37.9 Å². The lowest BCUT2D eigenvalue weighted by Crippen LogP contribution is -2.56. The first kappa shape index (κ1) is 24.6. The summed E-state index contributed by atoms with van der Waals surface area (Å²) >= 11 is 0. The molecule has 0 bridgehead atoms. The van der Waals surface area contributed by atoms with Crippen molar-refractivity contribution in [1.29, 1.82) is 0 Å². The van der Waals surface area contributed by atoms with Crippen LogP contribution in [0.4, 0.5) is 5.82 Å². The number of carbonyl (C=O) groups is 2. The van der Waals surface area contributed by atoms with Crippen LogP contribution in [0.5, 0.6) is 11.5 Å². The first-order valence-electron chi connectivity index (χ1n) is 12.6. The van der Waals surface area contributed by atoms with Gasteiger partial charge in [0.25, 0.3) is 5.91 Å². The van der Waals surface area contributed by atoms with Crippen molar-refractivity contribution < 1.29 is 19.1 Å². The molecule has 5 rings (SSSR count). The van der Waals surface area contributed by atoms with E-state index in [1.165, 1.54) is 0 Å². The predicted molar refractivity (Wildman–Crippen MR) is 139 cm³/mol. The largest absolute Gasteiger partial charge is 0.454 e. The third kappa shape index (κ3) is 4.71. The summed E-state index contributed by atoms with van der Waals surface area (Å²) in [7, 11) is 0. The number of benzene rings is 1. The van der Waals surface area contributed by atoms with E-state index < -0.39 is 17.4 Å². The number of anilines is 1. The average molecular weight is 506 g/mol. The fraction of sp³-hybridized carbons (Fsp3) is 0.407. The van der Waals surface area contributed by atoms with Gasteiger partial charge in [-0.3, -0.25) is 14.4 Å². The molecule has 1 N–H and O–H groups in total. The number of aryl methyl sites for hydroxylation is 1. The Morgan fingerprint density at radius 3 is 2.46 bits per heavy atom. The number of ether oxygens (including phenoxy) is 2. The van der Waals surface area contributed by atoms with Crippen molar-refractivity contribution in [3.05, 3.63) is 58.5 Å². The fourth-order valence-electron chi connectivity index (χ4n) is 4.83. The normalized spacial score (nSPS) is 15.8. The number of nitrogens with zero attached hydrogens (tertiary/aromatic N) is 4. The summed E-state index contributed by atoms with van der Waals surface area (Å²) in [6.07, 6.45) is 3.31. The molecule has 194 valence electrons. The van der Waals surface area contributed by atoms with Gasteiger partial charge in [-0.2, -0.15) is 0 Å². The van der Waals surface area contributed by atoms with Gasteiger partial charge in [0.1, 0.15) is 17.4 Å². The Bertz CT molecular complexity index is 1380. The highest BCUT2D eigenvalue weighted by atomic mass is 16.7. The molecule has 2 aliphatic rings. The van der Waals surface area contributed by atoms with Crippen LogP contribution in [-0.4, -0.2) is 65.3 Å². The minimum Gasteiger partial charge on any atom is -0.454 e. The summed E-state index contributed by atoms with van der Waals surface area (Å²) in [5.41, 5.74) is 0.247. The van der Waals surface area contributed by atoms with Gasteiger partial charge in [0.15, 0.2) is 11.5 Å². The van der Waals surface area contributed by atoms with Crippen LogP contribution in [0.15, 0.2) is 47.5 Å². The van der Waals surface area contributed by atoms with Gasteiger partial charge in [-0.05, 0) is 31.0 Å². The number of aromatic nitrogens is 2. The first-order chi connectivity index (χ1) is 17.9. The number of nitrogens with one attached hydrogen (secondary N) is 1. The maximum atomic E-state index is 13.5. The Hall–Kier alpha value is -4.08. The Morgan fingerprint density at radius 1 is 1.08 bits per heavy atom. The standard InChI is InChI=1S/C27H31N5O5/c1-4-30-15-19(25(33)18-13-21-22(14-20(18)30)37-16-36-21)26(34)29-24(17(2)3)27(35)32-11-9-31(10-12-32)23-7-5-6-8-28-23/h5-8,13-15,17,24H,4,9-12,16H2,1-3H3,(H,29,34)/t24-/m0/s1. The van der Waals surface area contributed by atoms with Gasteiger partial charge in [0, 0.05) is 51.2 Å². The van der Waals surface area contributed by atoms with Crippen molar-refractivity contribution in [3.63, 3.8) is 0 Å². The Kier molecular flexibility index (Phi) is 6.73. The second kappa shape index (κ2) is 10.1. The van der Waals surface area contributed by atoms with Crippen LogP contribution in [0.1, 0.15) is 31.1 Å². The average Bonchev–Trinajstić information content (AvgIpc) is 3.39. The van der Waals surface area contributed by atoms with Crippen LogP contribution >= 0.6 is 0 Å². The zero-order valence-corrected chi connectivity index (χ0v) is 21.3. The Labute approximate surface area is 214 Å². The molecule has 1 atom stereocenters. The predicted octanol–water partition coefficient (Wildman–Crippen LogP) is 2.25. The SMILES string of the molecule is CCn1cc(C(=O)N[C@H](C(=O)N2CCN(c3ccccn3)CC2)C(C)C)c(=O)c2cc3c(cc21)OCO3. The lowest BCUT2D eigenvalue weighted by atomic mass is 10.0. The molecule has 0 aliphatic carbocycles. The Morgan fingerprint density at radius 2 is 1.81 bits per heavy atom. The van der Waals surface area contributed by atoms with E-state index in [1.54, 1.807) is 29.4 Å². The van der Waals surface area contributed by atoms with E-state index in [4.69, 9.17) is 9.47 Å². The highest BCUT2D eigenvalue weighted by molar-refractivity contribution is 6.00. The Balaban J connectivity index is 1.35. The summed E-state index contributed by atoms with van der Waals surface area (Å²) in [5, 5.41) is 3.23. The molecule has 2 aromatic heterocycles. The van der Waals surface area contributed by atoms with Crippen molar-refractivity contribution in [1.82, 2.24) is 19.8 Å². The van der Waals surface area contributed by atoms with Crippen LogP contribution in [0.25, 0.3) is 10.9 Å². The number of hydrogen-bond acceptors (Lipinski definition) is 7. The quantitative estimate of drug-likeness (QED) is 0.548. The zero-order valence-electron chi connectivity index (χ0n) is 21.3. The molecule has 37 heavy (non-hydrogen) atoms. The van der Waals surface area contributed by atoms with Crippen LogP contribution in [0.3, 0.4) is 0 Å².